The normalized spacial score (nSPS) is 13.1. The van der Waals surface area contributed by atoms with Crippen molar-refractivity contribution < 1.29 is 0 Å². The second-order valence-corrected chi connectivity index (χ2v) is 14.3. The third-order valence-electron chi connectivity index (χ3n) is 10.8. The summed E-state index contributed by atoms with van der Waals surface area (Å²) < 4.78 is 0. The molecule has 240 valence electrons. The summed E-state index contributed by atoms with van der Waals surface area (Å²) in [4.78, 5) is 10.5. The fraction of sp³-hybridized carbons (Fsp3) is 0.0612. The lowest BCUT2D eigenvalue weighted by atomic mass is 9.81. The number of hydrogen-bond donors (Lipinski definition) is 0. The van der Waals surface area contributed by atoms with E-state index in [0.717, 1.165) is 33.6 Å². The van der Waals surface area contributed by atoms with E-state index in [1.165, 1.54) is 60.1 Å². The molecule has 1 heterocycles. The van der Waals surface area contributed by atoms with Crippen molar-refractivity contribution >= 4 is 32.3 Å². The summed E-state index contributed by atoms with van der Waals surface area (Å²) in [7, 11) is 0. The molecule has 0 unspecified atom stereocenters. The van der Waals surface area contributed by atoms with E-state index in [2.05, 4.69) is 184 Å². The maximum atomic E-state index is 5.26. The summed E-state index contributed by atoms with van der Waals surface area (Å²) in [5.41, 5.74) is 12.6. The minimum atomic E-state index is -0.103. The minimum Gasteiger partial charge on any atom is -0.228 e. The molecule has 1 aliphatic rings. The van der Waals surface area contributed by atoms with Gasteiger partial charge in [-0.15, -0.1) is 0 Å². The minimum absolute atomic E-state index is 0.103. The molecule has 0 atom stereocenters. The summed E-state index contributed by atoms with van der Waals surface area (Å²) in [5.74, 6) is 0.713. The van der Waals surface area contributed by atoms with Crippen LogP contribution in [-0.2, 0) is 5.41 Å². The highest BCUT2D eigenvalue weighted by Crippen LogP contribution is 2.53. The first-order valence-corrected chi connectivity index (χ1v) is 17.6. The molecule has 0 saturated heterocycles. The van der Waals surface area contributed by atoms with E-state index in [4.69, 9.17) is 9.97 Å². The molecule has 0 saturated carbocycles. The van der Waals surface area contributed by atoms with Crippen molar-refractivity contribution in [3.8, 4) is 56.2 Å². The van der Waals surface area contributed by atoms with Gasteiger partial charge in [-0.25, -0.2) is 9.97 Å². The maximum Gasteiger partial charge on any atom is 0.160 e. The highest BCUT2D eigenvalue weighted by atomic mass is 14.9. The van der Waals surface area contributed by atoms with Gasteiger partial charge in [0.05, 0.1) is 11.4 Å². The van der Waals surface area contributed by atoms with Crippen LogP contribution in [0.2, 0.25) is 0 Å². The first-order chi connectivity index (χ1) is 25.0. The van der Waals surface area contributed by atoms with Crippen molar-refractivity contribution in [1.29, 1.82) is 0 Å². The van der Waals surface area contributed by atoms with Crippen molar-refractivity contribution in [2.45, 2.75) is 19.3 Å². The van der Waals surface area contributed by atoms with Crippen molar-refractivity contribution in [3.63, 3.8) is 0 Å². The first kappa shape index (κ1) is 29.5. The third-order valence-corrected chi connectivity index (χ3v) is 10.8. The predicted molar refractivity (Wildman–Crippen MR) is 214 cm³/mol. The lowest BCUT2D eigenvalue weighted by Crippen LogP contribution is -2.14. The van der Waals surface area contributed by atoms with E-state index in [0.29, 0.717) is 5.82 Å². The molecule has 2 heteroatoms. The standard InChI is InChI=1S/C49H34N2/c1-49(2)43-20-10-19-41(47(43)42-28-35-15-7-8-16-36(35)29-44(42)49)37-17-9-18-40(27-37)48-50-45(38-23-21-31-11-3-5-13-33(31)25-38)30-46(51-48)39-24-22-32-12-4-6-14-34(32)26-39/h3-30H,1-2H3. The van der Waals surface area contributed by atoms with E-state index in [1.54, 1.807) is 0 Å². The second-order valence-electron chi connectivity index (χ2n) is 14.3. The maximum absolute atomic E-state index is 5.26. The molecule has 1 aliphatic carbocycles. The molecule has 0 radical (unpaired) electrons. The van der Waals surface area contributed by atoms with Crippen molar-refractivity contribution in [2.75, 3.05) is 0 Å². The van der Waals surface area contributed by atoms with Crippen LogP contribution in [0.25, 0.3) is 88.5 Å². The Morgan fingerprint density at radius 2 is 0.882 bits per heavy atom. The number of benzene rings is 8. The first-order valence-electron chi connectivity index (χ1n) is 17.6. The Balaban J connectivity index is 1.15. The molecule has 0 N–H and O–H groups in total. The van der Waals surface area contributed by atoms with Gasteiger partial charge in [0.1, 0.15) is 0 Å². The molecule has 1 aromatic heterocycles. The molecule has 2 nitrogen and oxygen atoms in total. The van der Waals surface area contributed by atoms with Gasteiger partial charge >= 0.3 is 0 Å². The van der Waals surface area contributed by atoms with Gasteiger partial charge in [0.15, 0.2) is 5.82 Å². The van der Waals surface area contributed by atoms with Crippen LogP contribution in [0.4, 0.5) is 0 Å². The molecule has 0 aliphatic heterocycles. The Hall–Kier alpha value is -6.38. The van der Waals surface area contributed by atoms with Crippen LogP contribution >= 0.6 is 0 Å². The van der Waals surface area contributed by atoms with Crippen molar-refractivity contribution in [1.82, 2.24) is 9.97 Å². The quantitative estimate of drug-likeness (QED) is 0.189. The lowest BCUT2D eigenvalue weighted by molar-refractivity contribution is 0.661. The number of aromatic nitrogens is 2. The smallest absolute Gasteiger partial charge is 0.160 e. The Morgan fingerprint density at radius 3 is 1.51 bits per heavy atom. The fourth-order valence-corrected chi connectivity index (χ4v) is 8.11. The fourth-order valence-electron chi connectivity index (χ4n) is 8.11. The van der Waals surface area contributed by atoms with Crippen LogP contribution in [0.15, 0.2) is 170 Å². The Morgan fingerprint density at radius 1 is 0.353 bits per heavy atom. The van der Waals surface area contributed by atoms with Gasteiger partial charge in [-0.2, -0.15) is 0 Å². The molecule has 0 amide bonds. The van der Waals surface area contributed by atoms with Crippen LogP contribution < -0.4 is 0 Å². The van der Waals surface area contributed by atoms with E-state index in [9.17, 15) is 0 Å². The molecule has 0 bridgehead atoms. The largest absolute Gasteiger partial charge is 0.228 e. The zero-order chi connectivity index (χ0) is 34.1. The SMILES string of the molecule is CC1(C)c2cc3ccccc3cc2-c2c(-c3cccc(-c4nc(-c5ccc6ccccc6c5)cc(-c5ccc6ccccc6c5)n4)c3)cccc21. The van der Waals surface area contributed by atoms with E-state index >= 15 is 0 Å². The Labute approximate surface area is 297 Å². The average molecular weight is 651 g/mol. The van der Waals surface area contributed by atoms with Crippen LogP contribution in [0.3, 0.4) is 0 Å². The topological polar surface area (TPSA) is 25.8 Å². The molecule has 0 spiro atoms. The molecule has 8 aromatic carbocycles. The Kier molecular flexibility index (Phi) is 6.56. The average Bonchev–Trinajstić information content (AvgIpc) is 3.41. The number of rotatable bonds is 4. The Bertz CT molecular complexity index is 2750. The zero-order valence-corrected chi connectivity index (χ0v) is 28.6. The number of hydrogen-bond acceptors (Lipinski definition) is 2. The molecule has 10 rings (SSSR count). The van der Waals surface area contributed by atoms with Gasteiger partial charge in [-0.05, 0) is 102 Å². The van der Waals surface area contributed by atoms with E-state index < -0.39 is 0 Å². The van der Waals surface area contributed by atoms with Gasteiger partial charge in [0.2, 0.25) is 0 Å². The highest BCUT2D eigenvalue weighted by molar-refractivity contribution is 5.99. The number of fused-ring (bicyclic) bond motifs is 6. The van der Waals surface area contributed by atoms with Gasteiger partial charge in [0, 0.05) is 22.1 Å². The molecule has 51 heavy (non-hydrogen) atoms. The van der Waals surface area contributed by atoms with Crippen LogP contribution in [-0.4, -0.2) is 9.97 Å². The summed E-state index contributed by atoms with van der Waals surface area (Å²) >= 11 is 0. The monoisotopic (exact) mass is 650 g/mol. The third kappa shape index (κ3) is 4.87. The van der Waals surface area contributed by atoms with Crippen LogP contribution in [0, 0.1) is 0 Å². The predicted octanol–water partition coefficient (Wildman–Crippen LogP) is 12.9. The second kappa shape index (κ2) is 11.3. The van der Waals surface area contributed by atoms with E-state index in [-0.39, 0.29) is 5.41 Å². The van der Waals surface area contributed by atoms with Crippen molar-refractivity contribution in [3.05, 3.63) is 181 Å². The molecule has 0 fully saturated rings. The molecular formula is C49H34N2. The summed E-state index contributed by atoms with van der Waals surface area (Å²) in [6.45, 7) is 4.71. The van der Waals surface area contributed by atoms with Crippen LogP contribution in [0.5, 0.6) is 0 Å². The highest BCUT2D eigenvalue weighted by Gasteiger charge is 2.37. The lowest BCUT2D eigenvalue weighted by Gasteiger charge is -2.22. The molecule has 9 aromatic rings. The number of nitrogens with zero attached hydrogens (tertiary/aromatic N) is 2. The van der Waals surface area contributed by atoms with Crippen LogP contribution in [0.1, 0.15) is 25.0 Å². The van der Waals surface area contributed by atoms with Gasteiger partial charge < -0.3 is 0 Å². The molecular weight excluding hydrogens is 617 g/mol. The van der Waals surface area contributed by atoms with Crippen molar-refractivity contribution in [2.24, 2.45) is 0 Å². The van der Waals surface area contributed by atoms with Gasteiger partial charge in [0.25, 0.3) is 0 Å². The van der Waals surface area contributed by atoms with Gasteiger partial charge in [-0.3, -0.25) is 0 Å². The summed E-state index contributed by atoms with van der Waals surface area (Å²) in [5, 5.41) is 7.36. The van der Waals surface area contributed by atoms with E-state index in [1.807, 2.05) is 0 Å². The zero-order valence-electron chi connectivity index (χ0n) is 28.6. The van der Waals surface area contributed by atoms with Gasteiger partial charge in [-0.1, -0.05) is 147 Å². The summed E-state index contributed by atoms with van der Waals surface area (Å²) in [6.07, 6.45) is 0. The summed E-state index contributed by atoms with van der Waals surface area (Å²) in [6, 6.07) is 61.3.